The van der Waals surface area contributed by atoms with Crippen molar-refractivity contribution >= 4 is 11.8 Å². The lowest BCUT2D eigenvalue weighted by atomic mass is 10.1. The highest BCUT2D eigenvalue weighted by atomic mass is 32.2. The molecule has 0 saturated heterocycles. The molecule has 0 amide bonds. The van der Waals surface area contributed by atoms with Gasteiger partial charge in [-0.1, -0.05) is 36.8 Å². The first-order valence-corrected chi connectivity index (χ1v) is 6.75. The van der Waals surface area contributed by atoms with E-state index in [0.29, 0.717) is 11.3 Å². The maximum absolute atomic E-state index is 3.55. The molecule has 0 heterocycles. The zero-order valence-corrected chi connectivity index (χ0v) is 10.9. The van der Waals surface area contributed by atoms with Crippen LogP contribution in [-0.2, 0) is 0 Å². The summed E-state index contributed by atoms with van der Waals surface area (Å²) in [7, 11) is 0. The molecule has 0 aromatic heterocycles. The highest BCUT2D eigenvalue weighted by molar-refractivity contribution is 7.99. The number of rotatable bonds is 5. The lowest BCUT2D eigenvalue weighted by molar-refractivity contribution is 0.576. The van der Waals surface area contributed by atoms with Crippen molar-refractivity contribution in [3.8, 4) is 0 Å². The Balaban J connectivity index is 2.46. The van der Waals surface area contributed by atoms with E-state index in [1.54, 1.807) is 0 Å². The Morgan fingerprint density at radius 2 is 1.80 bits per heavy atom. The molecular weight excluding hydrogens is 202 g/mol. The SMILES string of the molecule is CSC(C)CNC(C)c1ccc(C)cc1. The molecule has 1 nitrogen and oxygen atoms in total. The minimum atomic E-state index is 0.445. The average molecular weight is 223 g/mol. The zero-order valence-electron chi connectivity index (χ0n) is 10.1. The van der Waals surface area contributed by atoms with E-state index in [4.69, 9.17) is 0 Å². The summed E-state index contributed by atoms with van der Waals surface area (Å²) >= 11 is 1.90. The van der Waals surface area contributed by atoms with Crippen LogP contribution in [0.4, 0.5) is 0 Å². The first-order chi connectivity index (χ1) is 7.13. The molecule has 2 unspecified atom stereocenters. The fraction of sp³-hybridized carbons (Fsp3) is 0.538. The van der Waals surface area contributed by atoms with Crippen molar-refractivity contribution in [1.82, 2.24) is 5.32 Å². The molecule has 15 heavy (non-hydrogen) atoms. The van der Waals surface area contributed by atoms with Crippen molar-refractivity contribution in [3.05, 3.63) is 35.4 Å². The Labute approximate surface area is 97.7 Å². The number of hydrogen-bond acceptors (Lipinski definition) is 2. The summed E-state index contributed by atoms with van der Waals surface area (Å²) in [5.74, 6) is 0. The van der Waals surface area contributed by atoms with E-state index in [2.05, 4.69) is 56.6 Å². The smallest absolute Gasteiger partial charge is 0.0292 e. The maximum Gasteiger partial charge on any atom is 0.0292 e. The third-order valence-electron chi connectivity index (χ3n) is 2.69. The number of thioether (sulfide) groups is 1. The van der Waals surface area contributed by atoms with Gasteiger partial charge in [0.1, 0.15) is 0 Å². The summed E-state index contributed by atoms with van der Waals surface area (Å²) < 4.78 is 0. The molecule has 0 saturated carbocycles. The molecule has 0 aliphatic heterocycles. The molecule has 0 aliphatic rings. The maximum atomic E-state index is 3.55. The van der Waals surface area contributed by atoms with Gasteiger partial charge < -0.3 is 5.32 Å². The molecule has 0 radical (unpaired) electrons. The number of benzene rings is 1. The molecule has 1 aromatic carbocycles. The fourth-order valence-corrected chi connectivity index (χ4v) is 1.66. The van der Waals surface area contributed by atoms with Crippen LogP contribution in [-0.4, -0.2) is 18.1 Å². The molecule has 2 atom stereocenters. The van der Waals surface area contributed by atoms with Crippen LogP contribution in [0.1, 0.15) is 31.0 Å². The largest absolute Gasteiger partial charge is 0.309 e. The van der Waals surface area contributed by atoms with Crippen LogP contribution in [0, 0.1) is 6.92 Å². The van der Waals surface area contributed by atoms with Gasteiger partial charge in [0.25, 0.3) is 0 Å². The number of hydrogen-bond donors (Lipinski definition) is 1. The van der Waals surface area contributed by atoms with E-state index in [-0.39, 0.29) is 0 Å². The van der Waals surface area contributed by atoms with Gasteiger partial charge in [0.2, 0.25) is 0 Å². The second-order valence-electron chi connectivity index (χ2n) is 4.09. The van der Waals surface area contributed by atoms with Gasteiger partial charge >= 0.3 is 0 Å². The molecule has 1 N–H and O–H groups in total. The quantitative estimate of drug-likeness (QED) is 0.821. The number of aryl methyl sites for hydroxylation is 1. The Morgan fingerprint density at radius 1 is 1.20 bits per heavy atom. The van der Waals surface area contributed by atoms with E-state index < -0.39 is 0 Å². The van der Waals surface area contributed by atoms with E-state index in [9.17, 15) is 0 Å². The molecule has 1 rings (SSSR count). The summed E-state index contributed by atoms with van der Waals surface area (Å²) in [4.78, 5) is 0. The summed E-state index contributed by atoms with van der Waals surface area (Å²) in [6.45, 7) is 7.66. The average Bonchev–Trinajstić information content (AvgIpc) is 2.26. The van der Waals surface area contributed by atoms with Gasteiger partial charge in [-0.15, -0.1) is 0 Å². The molecule has 0 aliphatic carbocycles. The van der Waals surface area contributed by atoms with E-state index in [0.717, 1.165) is 6.54 Å². The predicted octanol–water partition coefficient (Wildman–Crippen LogP) is 3.40. The lowest BCUT2D eigenvalue weighted by Gasteiger charge is -2.17. The van der Waals surface area contributed by atoms with Gasteiger partial charge in [-0.3, -0.25) is 0 Å². The first kappa shape index (κ1) is 12.6. The molecule has 0 bridgehead atoms. The normalized spacial score (nSPS) is 14.9. The Bertz CT molecular complexity index is 281. The van der Waals surface area contributed by atoms with Crippen LogP contribution >= 0.6 is 11.8 Å². The molecule has 2 heteroatoms. The van der Waals surface area contributed by atoms with Crippen molar-refractivity contribution in [2.24, 2.45) is 0 Å². The molecular formula is C13H21NS. The first-order valence-electron chi connectivity index (χ1n) is 5.46. The van der Waals surface area contributed by atoms with E-state index >= 15 is 0 Å². The molecule has 1 aromatic rings. The predicted molar refractivity (Wildman–Crippen MR) is 70.6 cm³/mol. The molecule has 0 fully saturated rings. The van der Waals surface area contributed by atoms with E-state index in [1.165, 1.54) is 11.1 Å². The third kappa shape index (κ3) is 4.27. The summed E-state index contributed by atoms with van der Waals surface area (Å²) in [6, 6.07) is 9.20. The van der Waals surface area contributed by atoms with Gasteiger partial charge in [0.15, 0.2) is 0 Å². The van der Waals surface area contributed by atoms with Crippen molar-refractivity contribution in [3.63, 3.8) is 0 Å². The Morgan fingerprint density at radius 3 is 2.33 bits per heavy atom. The standard InChI is InChI=1S/C13H21NS/c1-10-5-7-13(8-6-10)12(3)14-9-11(2)15-4/h5-8,11-12,14H,9H2,1-4H3. The minimum absolute atomic E-state index is 0.445. The van der Waals surface area contributed by atoms with Crippen LogP contribution in [0.25, 0.3) is 0 Å². The second kappa shape index (κ2) is 6.19. The lowest BCUT2D eigenvalue weighted by Crippen LogP contribution is -2.25. The van der Waals surface area contributed by atoms with Gasteiger partial charge in [0, 0.05) is 17.8 Å². The Hall–Kier alpha value is -0.470. The van der Waals surface area contributed by atoms with Crippen molar-refractivity contribution < 1.29 is 0 Å². The summed E-state index contributed by atoms with van der Waals surface area (Å²) in [5, 5.41) is 4.23. The third-order valence-corrected chi connectivity index (χ3v) is 3.66. The van der Waals surface area contributed by atoms with Gasteiger partial charge in [-0.25, -0.2) is 0 Å². The highest BCUT2D eigenvalue weighted by Gasteiger charge is 2.06. The minimum Gasteiger partial charge on any atom is -0.309 e. The second-order valence-corrected chi connectivity index (χ2v) is 5.36. The molecule has 0 spiro atoms. The topological polar surface area (TPSA) is 12.0 Å². The molecule has 84 valence electrons. The number of nitrogens with one attached hydrogen (secondary N) is 1. The van der Waals surface area contributed by atoms with Crippen LogP contribution < -0.4 is 5.32 Å². The monoisotopic (exact) mass is 223 g/mol. The summed E-state index contributed by atoms with van der Waals surface area (Å²) in [5.41, 5.74) is 2.69. The van der Waals surface area contributed by atoms with Gasteiger partial charge in [0.05, 0.1) is 0 Å². The van der Waals surface area contributed by atoms with Crippen LogP contribution in [0.5, 0.6) is 0 Å². The van der Waals surface area contributed by atoms with Crippen LogP contribution in [0.2, 0.25) is 0 Å². The van der Waals surface area contributed by atoms with Crippen LogP contribution in [0.15, 0.2) is 24.3 Å². The van der Waals surface area contributed by atoms with Gasteiger partial charge in [-0.05, 0) is 25.7 Å². The van der Waals surface area contributed by atoms with Crippen molar-refractivity contribution in [2.45, 2.75) is 32.1 Å². The van der Waals surface area contributed by atoms with Crippen molar-refractivity contribution in [1.29, 1.82) is 0 Å². The van der Waals surface area contributed by atoms with Crippen molar-refractivity contribution in [2.75, 3.05) is 12.8 Å². The zero-order chi connectivity index (χ0) is 11.3. The van der Waals surface area contributed by atoms with Crippen LogP contribution in [0.3, 0.4) is 0 Å². The summed E-state index contributed by atoms with van der Waals surface area (Å²) in [6.07, 6.45) is 2.16. The van der Waals surface area contributed by atoms with E-state index in [1.807, 2.05) is 11.8 Å². The van der Waals surface area contributed by atoms with Gasteiger partial charge in [-0.2, -0.15) is 11.8 Å². The fourth-order valence-electron chi connectivity index (χ4n) is 1.40. The highest BCUT2D eigenvalue weighted by Crippen LogP contribution is 2.13. The Kier molecular flexibility index (Phi) is 5.20.